The van der Waals surface area contributed by atoms with Crippen LogP contribution < -0.4 is 0 Å². The van der Waals surface area contributed by atoms with Gasteiger partial charge >= 0.3 is 0 Å². The molecule has 0 bridgehead atoms. The molecule has 0 atom stereocenters. The van der Waals surface area contributed by atoms with E-state index in [1.165, 1.54) is 5.56 Å². The van der Waals surface area contributed by atoms with Gasteiger partial charge in [-0.1, -0.05) is 31.2 Å². The Labute approximate surface area is 122 Å². The van der Waals surface area contributed by atoms with Crippen molar-refractivity contribution in [2.45, 2.75) is 13.3 Å². The Hall–Kier alpha value is -2.68. The minimum atomic E-state index is 0.900. The molecule has 0 radical (unpaired) electrons. The second-order valence-corrected chi connectivity index (χ2v) is 5.17. The van der Waals surface area contributed by atoms with E-state index in [-0.39, 0.29) is 0 Å². The Kier molecular flexibility index (Phi) is 2.71. The third kappa shape index (κ3) is 1.98. The topological polar surface area (TPSA) is 41.6 Å². The number of fused-ring (bicyclic) bond motifs is 2. The third-order valence-electron chi connectivity index (χ3n) is 3.86. The molecule has 0 saturated heterocycles. The molecule has 2 heterocycles. The quantitative estimate of drug-likeness (QED) is 0.590. The predicted octanol–water partition coefficient (Wildman–Crippen LogP) is 4.34. The van der Waals surface area contributed by atoms with E-state index in [2.05, 4.69) is 41.2 Å². The molecule has 2 aromatic carbocycles. The van der Waals surface area contributed by atoms with Crippen molar-refractivity contribution in [2.24, 2.45) is 0 Å². The second-order valence-electron chi connectivity index (χ2n) is 5.17. The van der Waals surface area contributed by atoms with Crippen LogP contribution in [-0.4, -0.2) is 15.0 Å². The number of benzene rings is 2. The number of pyridine rings is 1. The van der Waals surface area contributed by atoms with Gasteiger partial charge in [-0.3, -0.25) is 4.98 Å². The first-order valence-corrected chi connectivity index (χ1v) is 7.18. The summed E-state index contributed by atoms with van der Waals surface area (Å²) in [6.45, 7) is 2.16. The molecule has 2 aromatic heterocycles. The number of H-pyrrole nitrogens is 1. The Balaban J connectivity index is 1.96. The average molecular weight is 273 g/mol. The Morgan fingerprint density at radius 2 is 1.90 bits per heavy atom. The van der Waals surface area contributed by atoms with Gasteiger partial charge < -0.3 is 4.98 Å². The summed E-state index contributed by atoms with van der Waals surface area (Å²) in [7, 11) is 0. The molecular weight excluding hydrogens is 258 g/mol. The Morgan fingerprint density at radius 1 is 1.00 bits per heavy atom. The highest BCUT2D eigenvalue weighted by Crippen LogP contribution is 2.27. The molecule has 0 aliphatic carbocycles. The van der Waals surface area contributed by atoms with Crippen LogP contribution in [0.1, 0.15) is 12.5 Å². The Morgan fingerprint density at radius 3 is 2.81 bits per heavy atom. The first-order chi connectivity index (χ1) is 10.3. The number of nitrogens with one attached hydrogen (secondary N) is 1. The fraction of sp³-hybridized carbons (Fsp3) is 0.111. The molecule has 0 amide bonds. The minimum Gasteiger partial charge on any atom is -0.338 e. The van der Waals surface area contributed by atoms with Crippen LogP contribution in [0.3, 0.4) is 0 Å². The van der Waals surface area contributed by atoms with E-state index in [1.807, 2.05) is 30.5 Å². The molecule has 1 N–H and O–H groups in total. The largest absolute Gasteiger partial charge is 0.338 e. The van der Waals surface area contributed by atoms with Crippen molar-refractivity contribution >= 4 is 21.9 Å². The van der Waals surface area contributed by atoms with Crippen molar-refractivity contribution in [3.63, 3.8) is 0 Å². The number of aromatic amines is 1. The first-order valence-electron chi connectivity index (χ1n) is 7.18. The van der Waals surface area contributed by atoms with E-state index >= 15 is 0 Å². The monoisotopic (exact) mass is 273 g/mol. The van der Waals surface area contributed by atoms with Crippen molar-refractivity contribution in [3.8, 4) is 11.4 Å². The van der Waals surface area contributed by atoms with Gasteiger partial charge in [0, 0.05) is 17.1 Å². The molecule has 102 valence electrons. The number of hydrogen-bond acceptors (Lipinski definition) is 2. The number of para-hydroxylation sites is 1. The van der Waals surface area contributed by atoms with Crippen LogP contribution in [0.2, 0.25) is 0 Å². The Bertz CT molecular complexity index is 932. The molecule has 0 aliphatic heterocycles. The summed E-state index contributed by atoms with van der Waals surface area (Å²) < 4.78 is 0. The zero-order chi connectivity index (χ0) is 14.2. The highest BCUT2D eigenvalue weighted by molar-refractivity contribution is 5.94. The van der Waals surface area contributed by atoms with Crippen LogP contribution in [0.15, 0.2) is 54.7 Å². The maximum Gasteiger partial charge on any atom is 0.139 e. The molecule has 3 heteroatoms. The first kappa shape index (κ1) is 12.1. The van der Waals surface area contributed by atoms with E-state index in [4.69, 9.17) is 4.98 Å². The van der Waals surface area contributed by atoms with Gasteiger partial charge in [-0.2, -0.15) is 0 Å². The van der Waals surface area contributed by atoms with Gasteiger partial charge in [0.15, 0.2) is 0 Å². The highest BCUT2D eigenvalue weighted by Gasteiger charge is 2.09. The molecule has 0 fully saturated rings. The van der Waals surface area contributed by atoms with Crippen molar-refractivity contribution in [3.05, 3.63) is 60.3 Å². The zero-order valence-corrected chi connectivity index (χ0v) is 11.8. The van der Waals surface area contributed by atoms with Gasteiger partial charge in [0.05, 0.1) is 16.6 Å². The number of hydrogen-bond donors (Lipinski definition) is 1. The van der Waals surface area contributed by atoms with Crippen LogP contribution in [0.25, 0.3) is 33.3 Å². The van der Waals surface area contributed by atoms with Crippen LogP contribution in [-0.2, 0) is 6.42 Å². The molecular formula is C18H15N3. The normalized spacial score (nSPS) is 11.3. The smallest absolute Gasteiger partial charge is 0.139 e. The van der Waals surface area contributed by atoms with Gasteiger partial charge in [-0.05, 0) is 36.2 Å². The molecule has 3 nitrogen and oxygen atoms in total. The lowest BCUT2D eigenvalue weighted by Crippen LogP contribution is -1.85. The average Bonchev–Trinajstić information content (AvgIpc) is 2.97. The van der Waals surface area contributed by atoms with E-state index in [9.17, 15) is 0 Å². The third-order valence-corrected chi connectivity index (χ3v) is 3.86. The van der Waals surface area contributed by atoms with E-state index in [0.29, 0.717) is 0 Å². The lowest BCUT2D eigenvalue weighted by atomic mass is 10.1. The van der Waals surface area contributed by atoms with Gasteiger partial charge in [0.2, 0.25) is 0 Å². The van der Waals surface area contributed by atoms with Crippen LogP contribution in [0.4, 0.5) is 0 Å². The predicted molar refractivity (Wildman–Crippen MR) is 86.2 cm³/mol. The molecule has 0 saturated carbocycles. The van der Waals surface area contributed by atoms with Crippen LogP contribution >= 0.6 is 0 Å². The van der Waals surface area contributed by atoms with Crippen molar-refractivity contribution < 1.29 is 0 Å². The SMILES string of the molecule is CCc1ccc2nc(-c3ccnc4ccccc34)[nH]c2c1. The zero-order valence-electron chi connectivity index (χ0n) is 11.8. The maximum absolute atomic E-state index is 4.73. The van der Waals surface area contributed by atoms with Crippen molar-refractivity contribution in [1.29, 1.82) is 0 Å². The van der Waals surface area contributed by atoms with E-state index in [0.717, 1.165) is 39.7 Å². The number of aryl methyl sites for hydroxylation is 1. The number of nitrogens with zero attached hydrogens (tertiary/aromatic N) is 2. The van der Waals surface area contributed by atoms with E-state index in [1.54, 1.807) is 0 Å². The number of aromatic nitrogens is 3. The molecule has 0 spiro atoms. The van der Waals surface area contributed by atoms with Gasteiger partial charge in [0.1, 0.15) is 5.82 Å². The lowest BCUT2D eigenvalue weighted by Gasteiger charge is -2.02. The van der Waals surface area contributed by atoms with Gasteiger partial charge in [0.25, 0.3) is 0 Å². The molecule has 21 heavy (non-hydrogen) atoms. The van der Waals surface area contributed by atoms with E-state index < -0.39 is 0 Å². The maximum atomic E-state index is 4.73. The lowest BCUT2D eigenvalue weighted by molar-refractivity contribution is 1.14. The molecule has 4 aromatic rings. The standard InChI is InChI=1S/C18H15N3/c1-2-12-7-8-16-17(11-12)21-18(20-16)14-9-10-19-15-6-4-3-5-13(14)15/h3-11H,2H2,1H3,(H,20,21). The number of rotatable bonds is 2. The number of imidazole rings is 1. The molecule has 0 unspecified atom stereocenters. The van der Waals surface area contributed by atoms with Gasteiger partial charge in [-0.15, -0.1) is 0 Å². The second kappa shape index (κ2) is 4.70. The fourth-order valence-electron chi connectivity index (χ4n) is 2.71. The fourth-order valence-corrected chi connectivity index (χ4v) is 2.71. The van der Waals surface area contributed by atoms with Crippen LogP contribution in [0, 0.1) is 0 Å². The van der Waals surface area contributed by atoms with Crippen molar-refractivity contribution in [2.75, 3.05) is 0 Å². The summed E-state index contributed by atoms with van der Waals surface area (Å²) in [4.78, 5) is 12.6. The molecule has 4 rings (SSSR count). The summed E-state index contributed by atoms with van der Waals surface area (Å²) in [5.41, 5.74) is 5.49. The van der Waals surface area contributed by atoms with Crippen LogP contribution in [0.5, 0.6) is 0 Å². The van der Waals surface area contributed by atoms with Gasteiger partial charge in [-0.25, -0.2) is 4.98 Å². The highest BCUT2D eigenvalue weighted by atomic mass is 14.9. The summed E-state index contributed by atoms with van der Waals surface area (Å²) >= 11 is 0. The molecule has 0 aliphatic rings. The summed E-state index contributed by atoms with van der Waals surface area (Å²) in [6.07, 6.45) is 2.87. The summed E-state index contributed by atoms with van der Waals surface area (Å²) in [5.74, 6) is 0.900. The van der Waals surface area contributed by atoms with Crippen molar-refractivity contribution in [1.82, 2.24) is 15.0 Å². The minimum absolute atomic E-state index is 0.900. The summed E-state index contributed by atoms with van der Waals surface area (Å²) in [6, 6.07) is 16.6. The summed E-state index contributed by atoms with van der Waals surface area (Å²) in [5, 5.41) is 1.12.